The Morgan fingerprint density at radius 1 is 1.00 bits per heavy atom. The van der Waals surface area contributed by atoms with Crippen molar-refractivity contribution in [3.8, 4) is 22.3 Å². The first-order chi connectivity index (χ1) is 15.1. The summed E-state index contributed by atoms with van der Waals surface area (Å²) in [6.45, 7) is 0. The van der Waals surface area contributed by atoms with Crippen LogP contribution in [0.5, 0.6) is 0 Å². The van der Waals surface area contributed by atoms with Gasteiger partial charge in [-0.25, -0.2) is 14.6 Å². The van der Waals surface area contributed by atoms with E-state index in [1.165, 1.54) is 4.68 Å². The number of nitrogens with one attached hydrogen (secondary N) is 2. The fourth-order valence-corrected chi connectivity index (χ4v) is 3.69. The van der Waals surface area contributed by atoms with Crippen molar-refractivity contribution in [2.45, 2.75) is 0 Å². The molecule has 0 radical (unpaired) electrons. The smallest absolute Gasteiger partial charge is 0.284 e. The molecule has 0 aliphatic carbocycles. The number of hydrogen-bond acceptors (Lipinski definition) is 3. The van der Waals surface area contributed by atoms with Gasteiger partial charge in [0.2, 0.25) is 0 Å². The lowest BCUT2D eigenvalue weighted by molar-refractivity contribution is -0.346. The highest BCUT2D eigenvalue weighted by molar-refractivity contribution is 5.97. The molecule has 0 saturated carbocycles. The third-order valence-corrected chi connectivity index (χ3v) is 5.43. The number of benzene rings is 2. The molecule has 5 aromatic rings. The minimum Gasteiger partial charge on any atom is -0.378 e. The minimum absolute atomic E-state index is 0.153. The van der Waals surface area contributed by atoms with Gasteiger partial charge in [0.25, 0.3) is 11.6 Å². The maximum atomic E-state index is 12.7. The van der Waals surface area contributed by atoms with Gasteiger partial charge < -0.3 is 4.90 Å². The molecular weight excluding hydrogens is 386 g/mol. The molecule has 0 fully saturated rings. The molecule has 6 nitrogen and oxygen atoms in total. The third-order valence-electron chi connectivity index (χ3n) is 5.43. The van der Waals surface area contributed by atoms with Gasteiger partial charge >= 0.3 is 0 Å². The van der Waals surface area contributed by atoms with Crippen LogP contribution >= 0.6 is 0 Å². The van der Waals surface area contributed by atoms with E-state index in [2.05, 4.69) is 50.3 Å². The maximum absolute atomic E-state index is 12.7. The first-order valence-corrected chi connectivity index (χ1v) is 10.1. The summed E-state index contributed by atoms with van der Waals surface area (Å²) in [5.41, 5.74) is 6.77. The second kappa shape index (κ2) is 7.57. The van der Waals surface area contributed by atoms with E-state index in [1.807, 2.05) is 44.7 Å². The van der Waals surface area contributed by atoms with Gasteiger partial charge in [-0.2, -0.15) is 5.10 Å². The lowest BCUT2D eigenvalue weighted by Crippen LogP contribution is -2.11. The second-order valence-corrected chi connectivity index (χ2v) is 7.67. The molecule has 0 spiro atoms. The molecule has 2 N–H and O–H groups in total. The SMILES string of the molecule is CN(C)c1ccc(-c2c[nH+]c3[nH]cc(-c4cnn(C(=O)c5ccccc5)c4)c3c2)cc1. The predicted molar refractivity (Wildman–Crippen MR) is 122 cm³/mol. The van der Waals surface area contributed by atoms with E-state index in [1.54, 1.807) is 24.5 Å². The number of aromatic amines is 2. The largest absolute Gasteiger partial charge is 0.378 e. The summed E-state index contributed by atoms with van der Waals surface area (Å²) in [6, 6.07) is 19.8. The summed E-state index contributed by atoms with van der Waals surface area (Å²) in [4.78, 5) is 21.4. The number of carbonyl (C=O) groups excluding carboxylic acids is 1. The van der Waals surface area contributed by atoms with Crippen LogP contribution in [0.15, 0.2) is 85.5 Å². The molecule has 2 aromatic carbocycles. The van der Waals surface area contributed by atoms with E-state index in [0.717, 1.165) is 39.0 Å². The number of fused-ring (bicyclic) bond motifs is 1. The first-order valence-electron chi connectivity index (χ1n) is 10.1. The van der Waals surface area contributed by atoms with Gasteiger partial charge in [-0.15, -0.1) is 0 Å². The monoisotopic (exact) mass is 408 g/mol. The number of aromatic nitrogens is 4. The molecule has 0 aliphatic heterocycles. The summed E-state index contributed by atoms with van der Waals surface area (Å²) in [5, 5.41) is 5.34. The summed E-state index contributed by atoms with van der Waals surface area (Å²) < 4.78 is 1.39. The van der Waals surface area contributed by atoms with Gasteiger partial charge in [-0.3, -0.25) is 4.79 Å². The number of pyridine rings is 1. The van der Waals surface area contributed by atoms with E-state index in [0.29, 0.717) is 5.56 Å². The molecule has 5 rings (SSSR count). The molecule has 152 valence electrons. The second-order valence-electron chi connectivity index (χ2n) is 7.67. The fourth-order valence-electron chi connectivity index (χ4n) is 3.69. The van der Waals surface area contributed by atoms with Gasteiger partial charge in [0.15, 0.2) is 0 Å². The summed E-state index contributed by atoms with van der Waals surface area (Å²) in [5.74, 6) is -0.153. The number of H-pyrrole nitrogens is 2. The van der Waals surface area contributed by atoms with Crippen LogP contribution < -0.4 is 9.88 Å². The van der Waals surface area contributed by atoms with Crippen molar-refractivity contribution >= 4 is 22.6 Å². The van der Waals surface area contributed by atoms with E-state index in [4.69, 9.17) is 0 Å². The highest BCUT2D eigenvalue weighted by Crippen LogP contribution is 2.30. The van der Waals surface area contributed by atoms with Crippen LogP contribution in [-0.2, 0) is 0 Å². The van der Waals surface area contributed by atoms with Crippen molar-refractivity contribution in [2.24, 2.45) is 0 Å². The molecule has 3 aromatic heterocycles. The molecule has 0 unspecified atom stereocenters. The highest BCUT2D eigenvalue weighted by atomic mass is 16.2. The number of nitrogens with zero attached hydrogens (tertiary/aromatic N) is 3. The molecule has 0 bridgehead atoms. The van der Waals surface area contributed by atoms with Crippen LogP contribution in [0, 0.1) is 0 Å². The van der Waals surface area contributed by atoms with Gasteiger partial charge in [0, 0.05) is 48.2 Å². The van der Waals surface area contributed by atoms with Crippen molar-refractivity contribution in [3.63, 3.8) is 0 Å². The molecule has 31 heavy (non-hydrogen) atoms. The molecule has 0 amide bonds. The van der Waals surface area contributed by atoms with Crippen LogP contribution in [0.25, 0.3) is 33.3 Å². The zero-order valence-electron chi connectivity index (χ0n) is 17.3. The molecule has 0 atom stereocenters. The van der Waals surface area contributed by atoms with Crippen LogP contribution in [0.3, 0.4) is 0 Å². The lowest BCUT2D eigenvalue weighted by atomic mass is 10.0. The fraction of sp³-hybridized carbons (Fsp3) is 0.0800. The average Bonchev–Trinajstić information content (AvgIpc) is 3.46. The zero-order valence-corrected chi connectivity index (χ0v) is 17.3. The van der Waals surface area contributed by atoms with Gasteiger partial charge in [0.1, 0.15) is 0 Å². The number of anilines is 1. The van der Waals surface area contributed by atoms with Crippen LogP contribution in [0.4, 0.5) is 5.69 Å². The van der Waals surface area contributed by atoms with E-state index < -0.39 is 0 Å². The summed E-state index contributed by atoms with van der Waals surface area (Å²) in [6.07, 6.45) is 7.43. The Kier molecular flexibility index (Phi) is 4.59. The third kappa shape index (κ3) is 3.48. The van der Waals surface area contributed by atoms with Crippen LogP contribution in [-0.4, -0.2) is 34.8 Å². The molecular formula is C25H22N5O+. The van der Waals surface area contributed by atoms with Gasteiger partial charge in [-0.05, 0) is 35.9 Å². The first kappa shape index (κ1) is 18.8. The quantitative estimate of drug-likeness (QED) is 0.483. The van der Waals surface area contributed by atoms with Crippen LogP contribution in [0.1, 0.15) is 10.4 Å². The van der Waals surface area contributed by atoms with Crippen molar-refractivity contribution in [1.29, 1.82) is 0 Å². The Hall–Kier alpha value is -4.19. The molecule has 0 aliphatic rings. The zero-order chi connectivity index (χ0) is 21.4. The minimum atomic E-state index is -0.153. The molecule has 6 heteroatoms. The normalized spacial score (nSPS) is 11.0. The number of hydrogen-bond donors (Lipinski definition) is 1. The number of rotatable bonds is 4. The van der Waals surface area contributed by atoms with E-state index in [9.17, 15) is 4.79 Å². The Morgan fingerprint density at radius 3 is 2.52 bits per heavy atom. The molecule has 3 heterocycles. The van der Waals surface area contributed by atoms with Gasteiger partial charge in [-0.1, -0.05) is 30.3 Å². The van der Waals surface area contributed by atoms with E-state index >= 15 is 0 Å². The Balaban J connectivity index is 1.51. The molecule has 0 saturated heterocycles. The summed E-state index contributed by atoms with van der Waals surface area (Å²) in [7, 11) is 4.06. The average molecular weight is 408 g/mol. The van der Waals surface area contributed by atoms with Crippen molar-refractivity contribution in [2.75, 3.05) is 19.0 Å². The topological polar surface area (TPSA) is 68.1 Å². The lowest BCUT2D eigenvalue weighted by Gasteiger charge is -2.12. The Labute approximate surface area is 179 Å². The number of carbonyl (C=O) groups is 1. The van der Waals surface area contributed by atoms with Crippen molar-refractivity contribution in [3.05, 3.63) is 91.0 Å². The van der Waals surface area contributed by atoms with Crippen molar-refractivity contribution in [1.82, 2.24) is 14.8 Å². The Bertz CT molecular complexity index is 1360. The predicted octanol–water partition coefficient (Wildman–Crippen LogP) is 4.27. The van der Waals surface area contributed by atoms with Crippen molar-refractivity contribution < 1.29 is 9.78 Å². The maximum Gasteiger partial charge on any atom is 0.284 e. The summed E-state index contributed by atoms with van der Waals surface area (Å²) >= 11 is 0. The highest BCUT2D eigenvalue weighted by Gasteiger charge is 2.17. The van der Waals surface area contributed by atoms with E-state index in [-0.39, 0.29) is 5.91 Å². The Morgan fingerprint density at radius 2 is 1.77 bits per heavy atom. The standard InChI is InChI=1S/C25H21N5O/c1-29(2)21-10-8-17(9-11-21)19-12-22-23(15-27-24(22)26-13-19)20-14-28-30(16-20)25(31)18-6-4-3-5-7-18/h3-16H,1-2H3,(H,26,27)/p+1. The van der Waals surface area contributed by atoms with Gasteiger partial charge in [0.05, 0.1) is 24.0 Å². The van der Waals surface area contributed by atoms with Crippen LogP contribution in [0.2, 0.25) is 0 Å².